The topological polar surface area (TPSA) is 26.0 Å². The van der Waals surface area contributed by atoms with Crippen LogP contribution in [0.5, 0.6) is 0 Å². The fourth-order valence-electron chi connectivity index (χ4n) is 2.62. The van der Waals surface area contributed by atoms with E-state index in [0.717, 1.165) is 11.0 Å². The number of hydrogen-bond donors (Lipinski definition) is 1. The second-order valence-electron chi connectivity index (χ2n) is 6.72. The summed E-state index contributed by atoms with van der Waals surface area (Å²) < 4.78 is 0. The molecule has 0 radical (unpaired) electrons. The van der Waals surface area contributed by atoms with Gasteiger partial charge in [-0.1, -0.05) is 57.9 Å². The lowest BCUT2D eigenvalue weighted by Gasteiger charge is -2.20. The Bertz CT molecular complexity index is 385. The molecule has 1 atom stereocenters. The van der Waals surface area contributed by atoms with E-state index >= 15 is 0 Å². The van der Waals surface area contributed by atoms with Crippen molar-refractivity contribution in [1.82, 2.24) is 0 Å². The molecule has 2 N–H and O–H groups in total. The molecule has 0 spiro atoms. The van der Waals surface area contributed by atoms with E-state index in [1.807, 2.05) is 0 Å². The monoisotopic (exact) mass is 277 g/mol. The van der Waals surface area contributed by atoms with Crippen LogP contribution in [0.1, 0.15) is 63.6 Å². The van der Waals surface area contributed by atoms with Gasteiger partial charge in [0.1, 0.15) is 0 Å². The van der Waals surface area contributed by atoms with Crippen molar-refractivity contribution < 1.29 is 0 Å². The maximum absolute atomic E-state index is 6.31. The molecule has 0 aromatic heterocycles. The molecule has 0 amide bonds. The minimum absolute atomic E-state index is 0.180. The average Bonchev–Trinajstić information content (AvgIpc) is 2.88. The van der Waals surface area contributed by atoms with E-state index in [1.54, 1.807) is 0 Å². The zero-order valence-corrected chi connectivity index (χ0v) is 13.3. The van der Waals surface area contributed by atoms with Gasteiger partial charge in [0, 0.05) is 17.0 Å². The summed E-state index contributed by atoms with van der Waals surface area (Å²) in [6.45, 7) is 6.74. The summed E-state index contributed by atoms with van der Waals surface area (Å²) in [7, 11) is 0. The molecule has 1 aromatic carbocycles. The zero-order chi connectivity index (χ0) is 13.9. The van der Waals surface area contributed by atoms with Crippen LogP contribution in [-0.2, 0) is 5.41 Å². The largest absolute Gasteiger partial charge is 0.323 e. The summed E-state index contributed by atoms with van der Waals surface area (Å²) in [5, 5.41) is 0.861. The van der Waals surface area contributed by atoms with Gasteiger partial charge in [0.05, 0.1) is 0 Å². The molecule has 19 heavy (non-hydrogen) atoms. The van der Waals surface area contributed by atoms with Crippen LogP contribution in [0.3, 0.4) is 0 Å². The average molecular weight is 277 g/mol. The van der Waals surface area contributed by atoms with E-state index < -0.39 is 0 Å². The molecule has 1 unspecified atom stereocenters. The van der Waals surface area contributed by atoms with Gasteiger partial charge in [-0.3, -0.25) is 0 Å². The fraction of sp³-hybridized carbons (Fsp3) is 0.647. The predicted octanol–water partition coefficient (Wildman–Crippen LogP) is 4.66. The van der Waals surface area contributed by atoms with Crippen molar-refractivity contribution in [1.29, 1.82) is 0 Å². The van der Waals surface area contributed by atoms with Crippen LogP contribution < -0.4 is 5.73 Å². The molecule has 1 fully saturated rings. The predicted molar refractivity (Wildman–Crippen MR) is 86.8 cm³/mol. The van der Waals surface area contributed by atoms with Gasteiger partial charge in [0.25, 0.3) is 0 Å². The molecule has 1 aliphatic carbocycles. The molecule has 0 aliphatic heterocycles. The van der Waals surface area contributed by atoms with E-state index in [-0.39, 0.29) is 11.5 Å². The van der Waals surface area contributed by atoms with E-state index in [9.17, 15) is 0 Å². The van der Waals surface area contributed by atoms with E-state index in [0.29, 0.717) is 0 Å². The summed E-state index contributed by atoms with van der Waals surface area (Å²) >= 11 is 2.07. The van der Waals surface area contributed by atoms with Gasteiger partial charge in [0.2, 0.25) is 0 Å². The Kier molecular flexibility index (Phi) is 4.97. The molecule has 1 aliphatic rings. The summed E-state index contributed by atoms with van der Waals surface area (Å²) in [6, 6.07) is 9.06. The fourth-order valence-corrected chi connectivity index (χ4v) is 3.96. The summed E-state index contributed by atoms with van der Waals surface area (Å²) in [4.78, 5) is 0. The van der Waals surface area contributed by atoms with Gasteiger partial charge in [0.15, 0.2) is 0 Å². The van der Waals surface area contributed by atoms with Crippen molar-refractivity contribution >= 4 is 11.8 Å². The number of nitrogens with two attached hydrogens (primary N) is 1. The second-order valence-corrected chi connectivity index (χ2v) is 8.05. The van der Waals surface area contributed by atoms with Crippen molar-refractivity contribution in [3.05, 3.63) is 35.4 Å². The Morgan fingerprint density at radius 2 is 1.74 bits per heavy atom. The molecule has 0 saturated heterocycles. The third kappa shape index (κ3) is 4.25. The highest BCUT2D eigenvalue weighted by Gasteiger charge is 2.18. The summed E-state index contributed by atoms with van der Waals surface area (Å²) in [6.07, 6.45) is 5.60. The lowest BCUT2D eigenvalue weighted by atomic mass is 9.86. The number of hydrogen-bond acceptors (Lipinski definition) is 2. The van der Waals surface area contributed by atoms with Crippen LogP contribution in [0, 0.1) is 0 Å². The maximum atomic E-state index is 6.31. The van der Waals surface area contributed by atoms with Gasteiger partial charge < -0.3 is 5.73 Å². The van der Waals surface area contributed by atoms with Gasteiger partial charge >= 0.3 is 0 Å². The number of rotatable bonds is 4. The molecule has 0 heterocycles. The van der Waals surface area contributed by atoms with Crippen LogP contribution in [0.15, 0.2) is 24.3 Å². The van der Waals surface area contributed by atoms with Gasteiger partial charge in [-0.2, -0.15) is 11.8 Å². The van der Waals surface area contributed by atoms with E-state index in [4.69, 9.17) is 5.73 Å². The quantitative estimate of drug-likeness (QED) is 0.866. The van der Waals surface area contributed by atoms with Crippen molar-refractivity contribution in [3.8, 4) is 0 Å². The highest BCUT2D eigenvalue weighted by molar-refractivity contribution is 7.99. The van der Waals surface area contributed by atoms with Gasteiger partial charge in [-0.05, 0) is 29.4 Å². The standard InChI is InChI=1S/C17H27NS/c1-17(2,3)14-10-8-13(9-11-14)16(18)12-19-15-6-4-5-7-15/h8-11,15-16H,4-7,12,18H2,1-3H3. The van der Waals surface area contributed by atoms with Gasteiger partial charge in [-0.25, -0.2) is 0 Å². The first-order chi connectivity index (χ1) is 8.97. The summed E-state index contributed by atoms with van der Waals surface area (Å²) in [5.41, 5.74) is 9.19. The molecule has 1 aromatic rings. The lowest BCUT2D eigenvalue weighted by Crippen LogP contribution is -2.16. The smallest absolute Gasteiger partial charge is 0.0386 e. The third-order valence-corrected chi connectivity index (χ3v) is 5.51. The highest BCUT2D eigenvalue weighted by Crippen LogP contribution is 2.32. The third-order valence-electron chi connectivity index (χ3n) is 4.02. The molecule has 106 valence electrons. The second kappa shape index (κ2) is 6.32. The lowest BCUT2D eigenvalue weighted by molar-refractivity contribution is 0.589. The Labute approximate surface area is 122 Å². The minimum Gasteiger partial charge on any atom is -0.323 e. The molecular formula is C17H27NS. The normalized spacial score (nSPS) is 18.7. The molecule has 0 bridgehead atoms. The Hall–Kier alpha value is -0.470. The SMILES string of the molecule is CC(C)(C)c1ccc(C(N)CSC2CCCC2)cc1. The molecular weight excluding hydrogens is 250 g/mol. The molecule has 1 nitrogen and oxygen atoms in total. The highest BCUT2D eigenvalue weighted by atomic mass is 32.2. The van der Waals surface area contributed by atoms with E-state index in [2.05, 4.69) is 56.8 Å². The Morgan fingerprint density at radius 1 is 1.16 bits per heavy atom. The minimum atomic E-state index is 0.180. The first-order valence-electron chi connectivity index (χ1n) is 7.44. The molecule has 2 rings (SSSR count). The van der Waals surface area contributed by atoms with Crippen LogP contribution in [-0.4, -0.2) is 11.0 Å². The number of benzene rings is 1. The van der Waals surface area contributed by atoms with E-state index in [1.165, 1.54) is 36.8 Å². The van der Waals surface area contributed by atoms with Crippen molar-refractivity contribution in [2.45, 2.75) is 63.2 Å². The maximum Gasteiger partial charge on any atom is 0.0386 e. The van der Waals surface area contributed by atoms with Crippen LogP contribution in [0.4, 0.5) is 0 Å². The Balaban J connectivity index is 1.89. The van der Waals surface area contributed by atoms with Gasteiger partial charge in [-0.15, -0.1) is 0 Å². The van der Waals surface area contributed by atoms with Crippen molar-refractivity contribution in [2.24, 2.45) is 5.73 Å². The number of thioether (sulfide) groups is 1. The van der Waals surface area contributed by atoms with Crippen molar-refractivity contribution in [2.75, 3.05) is 5.75 Å². The first kappa shape index (κ1) is 14.9. The van der Waals surface area contributed by atoms with Crippen molar-refractivity contribution in [3.63, 3.8) is 0 Å². The molecule has 1 saturated carbocycles. The van der Waals surface area contributed by atoms with Crippen LogP contribution >= 0.6 is 11.8 Å². The first-order valence-corrected chi connectivity index (χ1v) is 8.49. The zero-order valence-electron chi connectivity index (χ0n) is 12.5. The van der Waals surface area contributed by atoms with Crippen LogP contribution in [0.25, 0.3) is 0 Å². The molecule has 2 heteroatoms. The summed E-state index contributed by atoms with van der Waals surface area (Å²) in [5.74, 6) is 1.06. The Morgan fingerprint density at radius 3 is 2.26 bits per heavy atom. The van der Waals surface area contributed by atoms with Crippen LogP contribution in [0.2, 0.25) is 0 Å².